The molecule has 0 saturated heterocycles. The maximum absolute atomic E-state index is 13.5. The number of amides is 1. The SMILES string of the molecule is O=C(COc1ccc2ccccc2c1Br)Nc1ccc(F)cc1F. The average Bonchev–Trinajstić information content (AvgIpc) is 2.57. The van der Waals surface area contributed by atoms with Crippen molar-refractivity contribution in [2.75, 3.05) is 11.9 Å². The van der Waals surface area contributed by atoms with Crippen LogP contribution in [0.2, 0.25) is 0 Å². The van der Waals surface area contributed by atoms with Crippen LogP contribution in [0.4, 0.5) is 14.5 Å². The molecular weight excluding hydrogens is 380 g/mol. The summed E-state index contributed by atoms with van der Waals surface area (Å²) in [6.07, 6.45) is 0. The first-order valence-electron chi connectivity index (χ1n) is 7.09. The third-order valence-electron chi connectivity index (χ3n) is 3.39. The van der Waals surface area contributed by atoms with Crippen LogP contribution in [0.25, 0.3) is 10.8 Å². The third kappa shape index (κ3) is 3.54. The summed E-state index contributed by atoms with van der Waals surface area (Å²) in [6, 6.07) is 14.3. The Morgan fingerprint density at radius 2 is 1.88 bits per heavy atom. The van der Waals surface area contributed by atoms with Gasteiger partial charge in [0.05, 0.1) is 10.2 Å². The Hall–Kier alpha value is -2.47. The second-order valence-corrected chi connectivity index (χ2v) is 5.85. The molecule has 0 radical (unpaired) electrons. The minimum absolute atomic E-state index is 0.0948. The molecule has 0 heterocycles. The lowest BCUT2D eigenvalue weighted by molar-refractivity contribution is -0.118. The molecule has 0 atom stereocenters. The van der Waals surface area contributed by atoms with E-state index in [0.29, 0.717) is 11.8 Å². The smallest absolute Gasteiger partial charge is 0.262 e. The summed E-state index contributed by atoms with van der Waals surface area (Å²) in [7, 11) is 0. The number of fused-ring (bicyclic) bond motifs is 1. The fraction of sp³-hybridized carbons (Fsp3) is 0.0556. The van der Waals surface area contributed by atoms with E-state index in [9.17, 15) is 13.6 Å². The zero-order chi connectivity index (χ0) is 17.1. The van der Waals surface area contributed by atoms with Gasteiger partial charge in [-0.25, -0.2) is 8.78 Å². The predicted molar refractivity (Wildman–Crippen MR) is 92.1 cm³/mol. The molecule has 0 aliphatic heterocycles. The number of hydrogen-bond acceptors (Lipinski definition) is 2. The molecule has 0 unspecified atom stereocenters. The van der Waals surface area contributed by atoms with E-state index in [2.05, 4.69) is 21.2 Å². The molecule has 0 bridgehead atoms. The standard InChI is InChI=1S/C18H12BrF2NO2/c19-18-13-4-2-1-3-11(13)5-8-16(18)24-10-17(23)22-15-7-6-12(20)9-14(15)21/h1-9H,10H2,(H,22,23). The van der Waals surface area contributed by atoms with Crippen molar-refractivity contribution in [3.8, 4) is 5.75 Å². The number of nitrogens with one attached hydrogen (secondary N) is 1. The van der Waals surface area contributed by atoms with Crippen molar-refractivity contribution in [2.24, 2.45) is 0 Å². The van der Waals surface area contributed by atoms with Gasteiger partial charge in [-0.15, -0.1) is 0 Å². The van der Waals surface area contributed by atoms with E-state index < -0.39 is 17.5 Å². The van der Waals surface area contributed by atoms with E-state index >= 15 is 0 Å². The summed E-state index contributed by atoms with van der Waals surface area (Å²) < 4.78 is 32.6. The molecular formula is C18H12BrF2NO2. The van der Waals surface area contributed by atoms with Crippen molar-refractivity contribution in [3.63, 3.8) is 0 Å². The van der Waals surface area contributed by atoms with Gasteiger partial charge in [-0.2, -0.15) is 0 Å². The number of ether oxygens (including phenoxy) is 1. The van der Waals surface area contributed by atoms with Crippen molar-refractivity contribution >= 4 is 38.3 Å². The normalized spacial score (nSPS) is 10.6. The van der Waals surface area contributed by atoms with E-state index in [1.54, 1.807) is 6.07 Å². The first-order chi connectivity index (χ1) is 11.5. The van der Waals surface area contributed by atoms with Gasteiger partial charge >= 0.3 is 0 Å². The highest BCUT2D eigenvalue weighted by Gasteiger charge is 2.11. The van der Waals surface area contributed by atoms with Crippen LogP contribution in [0.5, 0.6) is 5.75 Å². The number of hydrogen-bond donors (Lipinski definition) is 1. The number of halogens is 3. The van der Waals surface area contributed by atoms with Crippen molar-refractivity contribution < 1.29 is 18.3 Å². The fourth-order valence-electron chi connectivity index (χ4n) is 2.25. The fourth-order valence-corrected chi connectivity index (χ4v) is 2.85. The van der Waals surface area contributed by atoms with Crippen LogP contribution >= 0.6 is 15.9 Å². The average molecular weight is 392 g/mol. The lowest BCUT2D eigenvalue weighted by atomic mass is 10.1. The van der Waals surface area contributed by atoms with Gasteiger partial charge in [0.2, 0.25) is 0 Å². The van der Waals surface area contributed by atoms with Gasteiger partial charge in [0.25, 0.3) is 5.91 Å². The number of rotatable bonds is 4. The summed E-state index contributed by atoms with van der Waals surface area (Å²) in [5.74, 6) is -1.58. The summed E-state index contributed by atoms with van der Waals surface area (Å²) in [6.45, 7) is -0.298. The quantitative estimate of drug-likeness (QED) is 0.686. The summed E-state index contributed by atoms with van der Waals surface area (Å²) in [5, 5.41) is 4.34. The Labute approximate surface area is 145 Å². The van der Waals surface area contributed by atoms with Crippen molar-refractivity contribution in [2.45, 2.75) is 0 Å². The van der Waals surface area contributed by atoms with E-state index in [0.717, 1.165) is 27.4 Å². The lowest BCUT2D eigenvalue weighted by Crippen LogP contribution is -2.21. The molecule has 0 aliphatic rings. The van der Waals surface area contributed by atoms with Crippen LogP contribution in [-0.4, -0.2) is 12.5 Å². The van der Waals surface area contributed by atoms with Crippen LogP contribution in [0, 0.1) is 11.6 Å². The van der Waals surface area contributed by atoms with Crippen molar-refractivity contribution in [1.29, 1.82) is 0 Å². The number of carbonyl (C=O) groups is 1. The molecule has 0 aromatic heterocycles. The molecule has 3 nitrogen and oxygen atoms in total. The van der Waals surface area contributed by atoms with Crippen LogP contribution in [0.3, 0.4) is 0 Å². The first kappa shape index (κ1) is 16.4. The van der Waals surface area contributed by atoms with Gasteiger partial charge < -0.3 is 10.1 Å². The Balaban J connectivity index is 1.69. The molecule has 0 fully saturated rings. The molecule has 0 aliphatic carbocycles. The lowest BCUT2D eigenvalue weighted by Gasteiger charge is -2.11. The van der Waals surface area contributed by atoms with Gasteiger partial charge in [-0.1, -0.05) is 30.3 Å². The highest BCUT2D eigenvalue weighted by atomic mass is 79.9. The van der Waals surface area contributed by atoms with E-state index in [1.165, 1.54) is 0 Å². The Morgan fingerprint density at radius 3 is 2.67 bits per heavy atom. The number of benzene rings is 3. The highest BCUT2D eigenvalue weighted by molar-refractivity contribution is 9.10. The monoisotopic (exact) mass is 391 g/mol. The first-order valence-corrected chi connectivity index (χ1v) is 7.89. The van der Waals surface area contributed by atoms with Crippen LogP contribution in [0.1, 0.15) is 0 Å². The van der Waals surface area contributed by atoms with Gasteiger partial charge in [0, 0.05) is 6.07 Å². The third-order valence-corrected chi connectivity index (χ3v) is 4.21. The molecule has 6 heteroatoms. The highest BCUT2D eigenvalue weighted by Crippen LogP contribution is 2.33. The topological polar surface area (TPSA) is 38.3 Å². The van der Waals surface area contributed by atoms with Gasteiger partial charge in [0.15, 0.2) is 6.61 Å². The molecule has 3 rings (SSSR count). The van der Waals surface area contributed by atoms with E-state index in [-0.39, 0.29) is 12.3 Å². The zero-order valence-electron chi connectivity index (χ0n) is 12.4. The Kier molecular flexibility index (Phi) is 4.76. The summed E-state index contributed by atoms with van der Waals surface area (Å²) >= 11 is 3.46. The number of carbonyl (C=O) groups excluding carboxylic acids is 1. The molecule has 0 saturated carbocycles. The largest absolute Gasteiger partial charge is 0.483 e. The van der Waals surface area contributed by atoms with Crippen LogP contribution in [0.15, 0.2) is 59.1 Å². The second-order valence-electron chi connectivity index (χ2n) is 5.06. The molecule has 0 spiro atoms. The van der Waals surface area contributed by atoms with Crippen LogP contribution < -0.4 is 10.1 Å². The van der Waals surface area contributed by atoms with Gasteiger partial charge in [-0.05, 0) is 44.9 Å². The van der Waals surface area contributed by atoms with Crippen LogP contribution in [-0.2, 0) is 4.79 Å². The predicted octanol–water partition coefficient (Wildman–Crippen LogP) is 4.90. The van der Waals surface area contributed by atoms with E-state index in [4.69, 9.17) is 4.74 Å². The summed E-state index contributed by atoms with van der Waals surface area (Å²) in [5.41, 5.74) is -0.0948. The minimum atomic E-state index is -0.838. The van der Waals surface area contributed by atoms with Gasteiger partial charge in [-0.3, -0.25) is 4.79 Å². The summed E-state index contributed by atoms with van der Waals surface area (Å²) in [4.78, 5) is 11.9. The molecule has 1 N–H and O–H groups in total. The number of anilines is 1. The molecule has 3 aromatic rings. The Bertz CT molecular complexity index is 915. The van der Waals surface area contributed by atoms with E-state index in [1.807, 2.05) is 30.3 Å². The molecule has 122 valence electrons. The molecule has 24 heavy (non-hydrogen) atoms. The maximum atomic E-state index is 13.5. The molecule has 3 aromatic carbocycles. The maximum Gasteiger partial charge on any atom is 0.262 e. The minimum Gasteiger partial charge on any atom is -0.483 e. The van der Waals surface area contributed by atoms with Crippen molar-refractivity contribution in [3.05, 3.63) is 70.7 Å². The Morgan fingerprint density at radius 1 is 1.08 bits per heavy atom. The second kappa shape index (κ2) is 6.97. The molecule has 1 amide bonds. The zero-order valence-corrected chi connectivity index (χ0v) is 13.9. The van der Waals surface area contributed by atoms with Gasteiger partial charge in [0.1, 0.15) is 17.4 Å². The van der Waals surface area contributed by atoms with Crippen molar-refractivity contribution in [1.82, 2.24) is 0 Å².